The van der Waals surface area contributed by atoms with Crippen LogP contribution in [-0.2, 0) is 6.42 Å². The third-order valence-corrected chi connectivity index (χ3v) is 5.86. The molecule has 5 heteroatoms. The second-order valence-corrected chi connectivity index (χ2v) is 8.04. The van der Waals surface area contributed by atoms with Gasteiger partial charge in [0.25, 0.3) is 11.8 Å². The van der Waals surface area contributed by atoms with E-state index in [4.69, 9.17) is 0 Å². The number of carbonyl (C=O) groups is 2. The Morgan fingerprint density at radius 2 is 1.61 bits per heavy atom. The third kappa shape index (κ3) is 4.39. The fourth-order valence-electron chi connectivity index (χ4n) is 4.21. The summed E-state index contributed by atoms with van der Waals surface area (Å²) in [4.78, 5) is 31.9. The van der Waals surface area contributed by atoms with Crippen LogP contribution in [0.25, 0.3) is 11.1 Å². The molecule has 0 radical (unpaired) electrons. The Kier molecular flexibility index (Phi) is 5.68. The summed E-state index contributed by atoms with van der Waals surface area (Å²) < 4.78 is 0. The molecule has 1 aliphatic rings. The first-order valence-electron chi connectivity index (χ1n) is 11.0. The zero-order chi connectivity index (χ0) is 22.6. The number of anilines is 2. The molecule has 0 bridgehead atoms. The molecule has 33 heavy (non-hydrogen) atoms. The molecule has 0 unspecified atom stereocenters. The van der Waals surface area contributed by atoms with Crippen molar-refractivity contribution in [3.8, 4) is 11.1 Å². The van der Waals surface area contributed by atoms with Crippen molar-refractivity contribution >= 4 is 23.2 Å². The number of rotatable bonds is 4. The van der Waals surface area contributed by atoms with Crippen LogP contribution in [0.3, 0.4) is 0 Å². The quantitative estimate of drug-likeness (QED) is 0.456. The zero-order valence-corrected chi connectivity index (χ0v) is 18.1. The number of nitrogens with zero attached hydrogens (tertiary/aromatic N) is 2. The maximum atomic E-state index is 13.0. The van der Waals surface area contributed by atoms with E-state index in [1.807, 2.05) is 83.8 Å². The van der Waals surface area contributed by atoms with Crippen molar-refractivity contribution in [3.05, 3.63) is 114 Å². The predicted octanol–water partition coefficient (Wildman–Crippen LogP) is 5.59. The van der Waals surface area contributed by atoms with Gasteiger partial charge in [0.2, 0.25) is 0 Å². The van der Waals surface area contributed by atoms with Crippen LogP contribution < -0.4 is 10.2 Å². The lowest BCUT2D eigenvalue weighted by Gasteiger charge is -2.30. The summed E-state index contributed by atoms with van der Waals surface area (Å²) in [6.45, 7) is 0.675. The minimum Gasteiger partial charge on any atom is -0.322 e. The highest BCUT2D eigenvalue weighted by atomic mass is 16.2. The Morgan fingerprint density at radius 3 is 2.42 bits per heavy atom. The Bertz CT molecular complexity index is 1300. The average Bonchev–Trinajstić information content (AvgIpc) is 2.88. The minimum absolute atomic E-state index is 0.0123. The van der Waals surface area contributed by atoms with Crippen molar-refractivity contribution in [1.82, 2.24) is 4.98 Å². The van der Waals surface area contributed by atoms with Crippen molar-refractivity contribution in [2.45, 2.75) is 12.8 Å². The molecule has 0 spiro atoms. The van der Waals surface area contributed by atoms with Crippen molar-refractivity contribution in [2.24, 2.45) is 0 Å². The van der Waals surface area contributed by atoms with Crippen molar-refractivity contribution in [3.63, 3.8) is 0 Å². The normalized spacial score (nSPS) is 12.7. The molecule has 5 nitrogen and oxygen atoms in total. The lowest BCUT2D eigenvalue weighted by Crippen LogP contribution is -2.35. The highest BCUT2D eigenvalue weighted by Crippen LogP contribution is 2.30. The molecular formula is C28H23N3O2. The number of benzene rings is 3. The highest BCUT2D eigenvalue weighted by molar-refractivity contribution is 6.08. The van der Waals surface area contributed by atoms with Crippen LogP contribution in [0.5, 0.6) is 0 Å². The molecule has 1 aromatic heterocycles. The first kappa shape index (κ1) is 20.6. The number of fused-ring (bicyclic) bond motifs is 1. The van der Waals surface area contributed by atoms with Gasteiger partial charge in [0.05, 0.1) is 0 Å². The number of nitrogens with one attached hydrogen (secondary N) is 1. The maximum absolute atomic E-state index is 13.0. The van der Waals surface area contributed by atoms with Gasteiger partial charge in [-0.15, -0.1) is 0 Å². The van der Waals surface area contributed by atoms with Gasteiger partial charge in [-0.3, -0.25) is 14.6 Å². The Morgan fingerprint density at radius 1 is 0.788 bits per heavy atom. The summed E-state index contributed by atoms with van der Waals surface area (Å²) >= 11 is 0. The SMILES string of the molecule is O=C(Nc1cccc(-c2ccncc2)c1)c1ccc2c(c1)CCCN2C(=O)c1ccccc1. The molecule has 0 aliphatic carbocycles. The van der Waals surface area contributed by atoms with E-state index < -0.39 is 0 Å². The molecular weight excluding hydrogens is 410 g/mol. The third-order valence-electron chi connectivity index (χ3n) is 5.86. The molecule has 0 fully saturated rings. The molecule has 4 aromatic rings. The van der Waals surface area contributed by atoms with Crippen LogP contribution in [0.2, 0.25) is 0 Å². The van der Waals surface area contributed by atoms with Gasteiger partial charge < -0.3 is 10.2 Å². The Balaban J connectivity index is 1.36. The summed E-state index contributed by atoms with van der Waals surface area (Å²) in [5.74, 6) is -0.183. The van der Waals surface area contributed by atoms with Crippen LogP contribution >= 0.6 is 0 Å². The number of hydrogen-bond acceptors (Lipinski definition) is 3. The van der Waals surface area contributed by atoms with E-state index in [2.05, 4.69) is 10.3 Å². The second-order valence-electron chi connectivity index (χ2n) is 8.04. The topological polar surface area (TPSA) is 62.3 Å². The monoisotopic (exact) mass is 433 g/mol. The fourth-order valence-corrected chi connectivity index (χ4v) is 4.21. The summed E-state index contributed by atoms with van der Waals surface area (Å²) in [6.07, 6.45) is 5.20. The van der Waals surface area contributed by atoms with Crippen LogP contribution in [0.4, 0.5) is 11.4 Å². The van der Waals surface area contributed by atoms with E-state index in [1.165, 1.54) is 0 Å². The molecule has 3 aromatic carbocycles. The average molecular weight is 434 g/mol. The van der Waals surface area contributed by atoms with Gasteiger partial charge in [-0.2, -0.15) is 0 Å². The van der Waals surface area contributed by atoms with Gasteiger partial charge in [0.15, 0.2) is 0 Å². The summed E-state index contributed by atoms with van der Waals surface area (Å²) in [5.41, 5.74) is 5.93. The standard InChI is InChI=1S/C28H23N3O2/c32-27(30-25-10-4-8-22(19-25)20-13-15-29-16-14-20)24-11-12-26-23(18-24)9-5-17-31(26)28(33)21-6-2-1-3-7-21/h1-4,6-8,10-16,18-19H,5,9,17H2,(H,30,32). The van der Waals surface area contributed by atoms with E-state index in [0.29, 0.717) is 17.7 Å². The van der Waals surface area contributed by atoms with Crippen molar-refractivity contribution in [2.75, 3.05) is 16.8 Å². The van der Waals surface area contributed by atoms with Crippen LogP contribution in [0, 0.1) is 0 Å². The molecule has 0 saturated heterocycles. The van der Waals surface area contributed by atoms with Gasteiger partial charge >= 0.3 is 0 Å². The Labute approximate surface area is 192 Å². The number of pyridine rings is 1. The van der Waals surface area contributed by atoms with Gasteiger partial charge in [-0.25, -0.2) is 0 Å². The van der Waals surface area contributed by atoms with E-state index in [0.717, 1.165) is 40.9 Å². The first-order chi connectivity index (χ1) is 16.2. The molecule has 1 aliphatic heterocycles. The largest absolute Gasteiger partial charge is 0.322 e. The van der Waals surface area contributed by atoms with E-state index >= 15 is 0 Å². The second kappa shape index (κ2) is 9.09. The van der Waals surface area contributed by atoms with Crippen LogP contribution in [0.15, 0.2) is 97.3 Å². The number of aryl methyl sites for hydroxylation is 1. The predicted molar refractivity (Wildman–Crippen MR) is 131 cm³/mol. The van der Waals surface area contributed by atoms with Gasteiger partial charge in [-0.05, 0) is 84.1 Å². The molecule has 2 heterocycles. The molecule has 0 saturated carbocycles. The molecule has 162 valence electrons. The zero-order valence-electron chi connectivity index (χ0n) is 18.1. The molecule has 1 N–H and O–H groups in total. The molecule has 5 rings (SSSR count). The van der Waals surface area contributed by atoms with E-state index in [9.17, 15) is 9.59 Å². The first-order valence-corrected chi connectivity index (χ1v) is 11.0. The van der Waals surface area contributed by atoms with Crippen molar-refractivity contribution in [1.29, 1.82) is 0 Å². The lowest BCUT2D eigenvalue weighted by molar-refractivity contribution is 0.0984. The number of hydrogen-bond donors (Lipinski definition) is 1. The molecule has 0 atom stereocenters. The van der Waals surface area contributed by atoms with Crippen molar-refractivity contribution < 1.29 is 9.59 Å². The van der Waals surface area contributed by atoms with Crippen LogP contribution in [0.1, 0.15) is 32.7 Å². The number of carbonyl (C=O) groups excluding carboxylic acids is 2. The minimum atomic E-state index is -0.170. The van der Waals surface area contributed by atoms with Gasteiger partial charge in [0.1, 0.15) is 0 Å². The number of aromatic nitrogens is 1. The summed E-state index contributed by atoms with van der Waals surface area (Å²) in [6, 6.07) is 26.5. The fraction of sp³-hybridized carbons (Fsp3) is 0.107. The maximum Gasteiger partial charge on any atom is 0.258 e. The smallest absolute Gasteiger partial charge is 0.258 e. The Hall–Kier alpha value is -4.25. The molecule has 2 amide bonds. The van der Waals surface area contributed by atoms with Crippen LogP contribution in [-0.4, -0.2) is 23.3 Å². The van der Waals surface area contributed by atoms with Gasteiger partial charge in [0, 0.05) is 41.4 Å². The lowest BCUT2D eigenvalue weighted by atomic mass is 9.98. The summed E-state index contributed by atoms with van der Waals surface area (Å²) in [7, 11) is 0. The van der Waals surface area contributed by atoms with E-state index in [-0.39, 0.29) is 11.8 Å². The number of amides is 2. The van der Waals surface area contributed by atoms with Gasteiger partial charge in [-0.1, -0.05) is 30.3 Å². The summed E-state index contributed by atoms with van der Waals surface area (Å²) in [5, 5.41) is 3.00. The van der Waals surface area contributed by atoms with E-state index in [1.54, 1.807) is 18.5 Å². The highest BCUT2D eigenvalue weighted by Gasteiger charge is 2.24.